The lowest BCUT2D eigenvalue weighted by molar-refractivity contribution is 0.578. The van der Waals surface area contributed by atoms with Crippen molar-refractivity contribution in [2.45, 2.75) is 11.4 Å². The molecule has 1 heterocycles. The summed E-state index contributed by atoms with van der Waals surface area (Å²) in [7, 11) is -3.60. The molecule has 3 rings (SSSR count). The summed E-state index contributed by atoms with van der Waals surface area (Å²) in [5.74, 6) is 0.487. The average Bonchev–Trinajstić information content (AvgIpc) is 2.95. The molecule has 8 heteroatoms. The van der Waals surface area contributed by atoms with Crippen LogP contribution >= 0.6 is 12.2 Å². The molecule has 6 nitrogen and oxygen atoms in total. The normalized spacial score (nSPS) is 11.5. The molecule has 0 atom stereocenters. The molecule has 2 aromatic carbocycles. The highest BCUT2D eigenvalue weighted by Crippen LogP contribution is 2.12. The van der Waals surface area contributed by atoms with Crippen molar-refractivity contribution in [3.63, 3.8) is 0 Å². The minimum Gasteiger partial charge on any atom is -0.271 e. The largest absolute Gasteiger partial charge is 0.271 e. The highest BCUT2D eigenvalue weighted by molar-refractivity contribution is 7.89. The van der Waals surface area contributed by atoms with Gasteiger partial charge in [-0.05, 0) is 36.5 Å². The molecule has 0 aliphatic rings. The van der Waals surface area contributed by atoms with Crippen LogP contribution in [0, 0.1) is 4.77 Å². The van der Waals surface area contributed by atoms with Crippen molar-refractivity contribution in [1.82, 2.24) is 19.5 Å². The van der Waals surface area contributed by atoms with Crippen molar-refractivity contribution in [1.29, 1.82) is 0 Å². The minimum atomic E-state index is -3.60. The van der Waals surface area contributed by atoms with Crippen LogP contribution in [-0.2, 0) is 16.6 Å². The lowest BCUT2D eigenvalue weighted by atomic mass is 10.3. The van der Waals surface area contributed by atoms with E-state index in [1.807, 2.05) is 30.3 Å². The van der Waals surface area contributed by atoms with E-state index in [0.29, 0.717) is 10.6 Å². The van der Waals surface area contributed by atoms with Crippen molar-refractivity contribution in [3.05, 3.63) is 71.3 Å². The van der Waals surface area contributed by atoms with Gasteiger partial charge in [-0.1, -0.05) is 36.4 Å². The first kappa shape index (κ1) is 15.6. The van der Waals surface area contributed by atoms with Crippen molar-refractivity contribution in [3.8, 4) is 5.69 Å². The van der Waals surface area contributed by atoms with E-state index in [0.717, 1.165) is 5.69 Å². The first-order valence-corrected chi connectivity index (χ1v) is 8.73. The maximum Gasteiger partial charge on any atom is 0.240 e. The lowest BCUT2D eigenvalue weighted by Crippen LogP contribution is -2.24. The Balaban J connectivity index is 1.87. The summed E-state index contributed by atoms with van der Waals surface area (Å²) in [4.78, 5) is 0.209. The molecule has 0 saturated carbocycles. The number of rotatable bonds is 5. The summed E-state index contributed by atoms with van der Waals surface area (Å²) in [6.07, 6.45) is 0. The van der Waals surface area contributed by atoms with Gasteiger partial charge in [-0.3, -0.25) is 9.67 Å². The second-order valence-corrected chi connectivity index (χ2v) is 6.91. The number of para-hydroxylation sites is 1. The van der Waals surface area contributed by atoms with Gasteiger partial charge in [0.15, 0.2) is 10.6 Å². The number of hydrogen-bond acceptors (Lipinski definition) is 4. The van der Waals surface area contributed by atoms with Crippen LogP contribution in [0.2, 0.25) is 0 Å². The van der Waals surface area contributed by atoms with Crippen LogP contribution in [0.3, 0.4) is 0 Å². The number of sulfonamides is 1. The SMILES string of the molecule is O=S(=O)(NCc1n[nH]c(=S)n1-c1ccccc1)c1ccccc1. The van der Waals surface area contributed by atoms with Gasteiger partial charge >= 0.3 is 0 Å². The van der Waals surface area contributed by atoms with E-state index < -0.39 is 10.0 Å². The highest BCUT2D eigenvalue weighted by Gasteiger charge is 2.15. The molecule has 0 radical (unpaired) electrons. The Morgan fingerprint density at radius 1 is 1.04 bits per heavy atom. The second kappa shape index (κ2) is 6.45. The second-order valence-electron chi connectivity index (χ2n) is 4.75. The van der Waals surface area contributed by atoms with Gasteiger partial charge in [0, 0.05) is 5.69 Å². The molecule has 0 aliphatic heterocycles. The third kappa shape index (κ3) is 3.39. The molecule has 0 fully saturated rings. The Morgan fingerprint density at radius 2 is 1.65 bits per heavy atom. The zero-order chi connectivity index (χ0) is 16.3. The van der Waals surface area contributed by atoms with E-state index in [-0.39, 0.29) is 11.4 Å². The zero-order valence-corrected chi connectivity index (χ0v) is 13.6. The van der Waals surface area contributed by atoms with E-state index in [9.17, 15) is 8.42 Å². The zero-order valence-electron chi connectivity index (χ0n) is 12.0. The van der Waals surface area contributed by atoms with Crippen LogP contribution in [0.15, 0.2) is 65.6 Å². The van der Waals surface area contributed by atoms with Crippen molar-refractivity contribution < 1.29 is 8.42 Å². The minimum absolute atomic E-state index is 0.0270. The van der Waals surface area contributed by atoms with Gasteiger partial charge in [-0.15, -0.1) is 0 Å². The topological polar surface area (TPSA) is 79.8 Å². The summed E-state index contributed by atoms with van der Waals surface area (Å²) in [5, 5.41) is 6.80. The summed E-state index contributed by atoms with van der Waals surface area (Å²) >= 11 is 5.22. The third-order valence-corrected chi connectivity index (χ3v) is 4.92. The van der Waals surface area contributed by atoms with Crippen LogP contribution in [-0.4, -0.2) is 23.2 Å². The van der Waals surface area contributed by atoms with Crippen LogP contribution < -0.4 is 4.72 Å². The third-order valence-electron chi connectivity index (χ3n) is 3.23. The quantitative estimate of drug-likeness (QED) is 0.695. The maximum absolute atomic E-state index is 12.3. The first-order valence-electron chi connectivity index (χ1n) is 6.84. The Hall–Kier alpha value is -2.29. The van der Waals surface area contributed by atoms with Crippen molar-refractivity contribution >= 4 is 22.2 Å². The molecule has 2 N–H and O–H groups in total. The van der Waals surface area contributed by atoms with Gasteiger partial charge in [0.2, 0.25) is 10.0 Å². The summed E-state index contributed by atoms with van der Waals surface area (Å²) in [6.45, 7) is 0.0270. The molecule has 0 bridgehead atoms. The Labute approximate surface area is 138 Å². The predicted octanol–water partition coefficient (Wildman–Crippen LogP) is 2.41. The summed E-state index contributed by atoms with van der Waals surface area (Å²) in [6, 6.07) is 17.6. The fourth-order valence-corrected chi connectivity index (χ4v) is 3.39. The Morgan fingerprint density at radius 3 is 2.30 bits per heavy atom. The van der Waals surface area contributed by atoms with Crippen LogP contribution in [0.5, 0.6) is 0 Å². The number of nitrogens with zero attached hydrogens (tertiary/aromatic N) is 2. The lowest BCUT2D eigenvalue weighted by Gasteiger charge is -2.08. The molecular weight excluding hydrogens is 332 g/mol. The number of aromatic nitrogens is 3. The van der Waals surface area contributed by atoms with E-state index in [2.05, 4.69) is 14.9 Å². The highest BCUT2D eigenvalue weighted by atomic mass is 32.2. The molecule has 0 aliphatic carbocycles. The van der Waals surface area contributed by atoms with E-state index in [1.54, 1.807) is 22.8 Å². The summed E-state index contributed by atoms with van der Waals surface area (Å²) in [5.41, 5.74) is 0.820. The molecule has 0 amide bonds. The monoisotopic (exact) mass is 346 g/mol. The van der Waals surface area contributed by atoms with Crippen LogP contribution in [0.1, 0.15) is 5.82 Å². The molecule has 3 aromatic rings. The van der Waals surface area contributed by atoms with E-state index >= 15 is 0 Å². The smallest absolute Gasteiger partial charge is 0.240 e. The number of hydrogen-bond donors (Lipinski definition) is 2. The standard InChI is InChI=1S/C15H14N4O2S2/c20-23(21,13-9-5-2-6-10-13)16-11-14-17-18-15(22)19(14)12-7-3-1-4-8-12/h1-10,16H,11H2,(H,18,22). The number of H-pyrrole nitrogens is 1. The van der Waals surface area contributed by atoms with E-state index in [4.69, 9.17) is 12.2 Å². The van der Waals surface area contributed by atoms with Crippen LogP contribution in [0.4, 0.5) is 0 Å². The molecular formula is C15H14N4O2S2. The average molecular weight is 346 g/mol. The van der Waals surface area contributed by atoms with Gasteiger partial charge in [-0.25, -0.2) is 13.1 Å². The maximum atomic E-state index is 12.3. The number of aromatic amines is 1. The Kier molecular flexibility index (Phi) is 4.37. The fourth-order valence-electron chi connectivity index (χ4n) is 2.13. The fraction of sp³-hybridized carbons (Fsp3) is 0.0667. The molecule has 23 heavy (non-hydrogen) atoms. The number of benzene rings is 2. The van der Waals surface area contributed by atoms with Gasteiger partial charge < -0.3 is 0 Å². The van der Waals surface area contributed by atoms with Gasteiger partial charge in [-0.2, -0.15) is 5.10 Å². The van der Waals surface area contributed by atoms with Crippen molar-refractivity contribution in [2.75, 3.05) is 0 Å². The molecule has 0 unspecified atom stereocenters. The first-order chi connectivity index (χ1) is 11.1. The van der Waals surface area contributed by atoms with Gasteiger partial charge in [0.1, 0.15) is 0 Å². The van der Waals surface area contributed by atoms with Crippen molar-refractivity contribution in [2.24, 2.45) is 0 Å². The molecule has 118 valence electrons. The summed E-state index contributed by atoms with van der Waals surface area (Å²) < 4.78 is 29.2. The molecule has 1 aromatic heterocycles. The Bertz CT molecular complexity index is 948. The van der Waals surface area contributed by atoms with Gasteiger partial charge in [0.05, 0.1) is 11.4 Å². The van der Waals surface area contributed by atoms with Crippen LogP contribution in [0.25, 0.3) is 5.69 Å². The molecule has 0 spiro atoms. The van der Waals surface area contributed by atoms with Gasteiger partial charge in [0.25, 0.3) is 0 Å². The number of nitrogens with one attached hydrogen (secondary N) is 2. The van der Waals surface area contributed by atoms with E-state index in [1.165, 1.54) is 12.1 Å². The predicted molar refractivity (Wildman–Crippen MR) is 89.2 cm³/mol. The molecule has 0 saturated heterocycles.